The molecule has 0 aromatic carbocycles. The minimum absolute atomic E-state index is 0.272. The Balaban J connectivity index is 2.53. The number of hydrogen-bond donors (Lipinski definition) is 1. The molecule has 0 aliphatic heterocycles. The highest BCUT2D eigenvalue weighted by atomic mass is 19.4. The number of alkyl halides is 3. The lowest BCUT2D eigenvalue weighted by atomic mass is 10.4. The number of anilines is 1. The zero-order valence-electron chi connectivity index (χ0n) is 9.15. The van der Waals surface area contributed by atoms with Crippen LogP contribution in [0.3, 0.4) is 0 Å². The highest BCUT2D eigenvalue weighted by Crippen LogP contribution is 2.29. The van der Waals surface area contributed by atoms with Gasteiger partial charge in [-0.15, -0.1) is 0 Å². The Labute approximate surface area is 94.8 Å². The van der Waals surface area contributed by atoms with Crippen LogP contribution in [0.4, 0.5) is 19.0 Å². The van der Waals surface area contributed by atoms with E-state index < -0.39 is 11.9 Å². The molecule has 0 aliphatic rings. The summed E-state index contributed by atoms with van der Waals surface area (Å²) in [6, 6.07) is 0.957. The molecular formula is C9H10F3N5. The van der Waals surface area contributed by atoms with Crippen molar-refractivity contribution in [1.82, 2.24) is 19.6 Å². The fourth-order valence-electron chi connectivity index (χ4n) is 1.36. The van der Waals surface area contributed by atoms with Gasteiger partial charge in [-0.1, -0.05) is 0 Å². The van der Waals surface area contributed by atoms with Gasteiger partial charge in [0.25, 0.3) is 0 Å². The fourth-order valence-corrected chi connectivity index (χ4v) is 1.36. The van der Waals surface area contributed by atoms with Crippen LogP contribution in [0.15, 0.2) is 18.5 Å². The summed E-state index contributed by atoms with van der Waals surface area (Å²) in [5, 5.41) is 5.03. The molecule has 92 valence electrons. The van der Waals surface area contributed by atoms with Crippen molar-refractivity contribution in [3.05, 3.63) is 24.2 Å². The largest absolute Gasteiger partial charge is 0.435 e. The van der Waals surface area contributed by atoms with Gasteiger partial charge in [0.1, 0.15) is 5.52 Å². The molecule has 2 rings (SSSR count). The summed E-state index contributed by atoms with van der Waals surface area (Å²) < 4.78 is 38.6. The van der Waals surface area contributed by atoms with E-state index in [4.69, 9.17) is 0 Å². The van der Waals surface area contributed by atoms with Crippen molar-refractivity contribution in [2.24, 2.45) is 0 Å². The SMILES string of the molecule is CN(C)Nc1nccn2nc(C(F)(F)F)cc12. The van der Waals surface area contributed by atoms with Gasteiger partial charge in [-0.2, -0.15) is 18.3 Å². The van der Waals surface area contributed by atoms with Crippen LogP contribution in [0.1, 0.15) is 5.69 Å². The van der Waals surface area contributed by atoms with Gasteiger partial charge in [-0.3, -0.25) is 0 Å². The summed E-state index contributed by atoms with van der Waals surface area (Å²) in [6.07, 6.45) is -1.71. The Morgan fingerprint density at radius 3 is 2.65 bits per heavy atom. The van der Waals surface area contributed by atoms with Crippen molar-refractivity contribution in [2.45, 2.75) is 6.18 Å². The maximum absolute atomic E-state index is 12.5. The summed E-state index contributed by atoms with van der Waals surface area (Å²) in [7, 11) is 3.43. The number of fused-ring (bicyclic) bond motifs is 1. The molecule has 2 heterocycles. The molecule has 2 aromatic rings. The number of nitrogens with zero attached hydrogens (tertiary/aromatic N) is 4. The predicted molar refractivity (Wildman–Crippen MR) is 55.3 cm³/mol. The third-order valence-electron chi connectivity index (χ3n) is 2.01. The van der Waals surface area contributed by atoms with E-state index in [1.807, 2.05) is 0 Å². The van der Waals surface area contributed by atoms with Crippen LogP contribution < -0.4 is 5.43 Å². The first-order valence-electron chi connectivity index (χ1n) is 4.73. The second-order valence-electron chi connectivity index (χ2n) is 3.64. The van der Waals surface area contributed by atoms with E-state index in [9.17, 15) is 13.2 Å². The van der Waals surface area contributed by atoms with Gasteiger partial charge >= 0.3 is 6.18 Å². The maximum atomic E-state index is 12.5. The monoisotopic (exact) mass is 245 g/mol. The highest BCUT2D eigenvalue weighted by Gasteiger charge is 2.34. The highest BCUT2D eigenvalue weighted by molar-refractivity contribution is 5.67. The molecule has 1 N–H and O–H groups in total. The summed E-state index contributed by atoms with van der Waals surface area (Å²) >= 11 is 0. The lowest BCUT2D eigenvalue weighted by molar-refractivity contribution is -0.141. The summed E-state index contributed by atoms with van der Waals surface area (Å²) in [6.45, 7) is 0. The number of hydrazine groups is 1. The van der Waals surface area contributed by atoms with E-state index in [-0.39, 0.29) is 5.52 Å². The van der Waals surface area contributed by atoms with Gasteiger partial charge in [0.2, 0.25) is 0 Å². The molecule has 0 aliphatic carbocycles. The number of rotatable bonds is 2. The van der Waals surface area contributed by atoms with Crippen molar-refractivity contribution in [2.75, 3.05) is 19.5 Å². The molecule has 0 unspecified atom stereocenters. The van der Waals surface area contributed by atoms with E-state index in [0.29, 0.717) is 5.82 Å². The van der Waals surface area contributed by atoms with Crippen LogP contribution in [0.25, 0.3) is 5.52 Å². The van der Waals surface area contributed by atoms with E-state index >= 15 is 0 Å². The topological polar surface area (TPSA) is 45.5 Å². The average Bonchev–Trinajstić information content (AvgIpc) is 2.60. The number of aromatic nitrogens is 3. The third-order valence-corrected chi connectivity index (χ3v) is 2.01. The Hall–Kier alpha value is -1.83. The van der Waals surface area contributed by atoms with Crippen molar-refractivity contribution >= 4 is 11.3 Å². The smallest absolute Gasteiger partial charge is 0.302 e. The summed E-state index contributed by atoms with van der Waals surface area (Å²) in [5.74, 6) is 0.320. The first-order valence-corrected chi connectivity index (χ1v) is 4.73. The van der Waals surface area contributed by atoms with E-state index in [2.05, 4.69) is 15.5 Å². The van der Waals surface area contributed by atoms with Gasteiger partial charge in [-0.05, 0) is 0 Å². The van der Waals surface area contributed by atoms with E-state index in [0.717, 1.165) is 10.6 Å². The van der Waals surface area contributed by atoms with Gasteiger partial charge in [-0.25, -0.2) is 14.5 Å². The molecular weight excluding hydrogens is 235 g/mol. The van der Waals surface area contributed by atoms with Crippen LogP contribution in [0, 0.1) is 0 Å². The van der Waals surface area contributed by atoms with Gasteiger partial charge in [0.05, 0.1) is 0 Å². The lowest BCUT2D eigenvalue weighted by Gasteiger charge is -2.12. The van der Waals surface area contributed by atoms with Gasteiger partial charge < -0.3 is 5.43 Å². The molecule has 0 spiro atoms. The molecule has 0 amide bonds. The average molecular weight is 245 g/mol. The molecule has 0 saturated heterocycles. The molecule has 0 atom stereocenters. The van der Waals surface area contributed by atoms with Crippen LogP contribution in [0.2, 0.25) is 0 Å². The number of hydrogen-bond acceptors (Lipinski definition) is 4. The zero-order valence-corrected chi connectivity index (χ0v) is 9.15. The number of nitrogens with one attached hydrogen (secondary N) is 1. The second-order valence-corrected chi connectivity index (χ2v) is 3.64. The molecule has 8 heteroatoms. The molecule has 5 nitrogen and oxygen atoms in total. The quantitative estimate of drug-likeness (QED) is 0.817. The lowest BCUT2D eigenvalue weighted by Crippen LogP contribution is -2.20. The molecule has 0 radical (unpaired) electrons. The Bertz CT molecular complexity index is 531. The molecule has 17 heavy (non-hydrogen) atoms. The van der Waals surface area contributed by atoms with E-state index in [1.54, 1.807) is 19.1 Å². The maximum Gasteiger partial charge on any atom is 0.435 e. The molecule has 0 fully saturated rings. The fraction of sp³-hybridized carbons (Fsp3) is 0.333. The predicted octanol–water partition coefficient (Wildman–Crippen LogP) is 1.64. The van der Waals surface area contributed by atoms with Crippen molar-refractivity contribution in [1.29, 1.82) is 0 Å². The van der Waals surface area contributed by atoms with Crippen LogP contribution in [0.5, 0.6) is 0 Å². The Kier molecular flexibility index (Phi) is 2.66. The zero-order chi connectivity index (χ0) is 12.6. The molecule has 0 bridgehead atoms. The second kappa shape index (κ2) is 3.88. The summed E-state index contributed by atoms with van der Waals surface area (Å²) in [5.41, 5.74) is 2.14. The minimum atomic E-state index is -4.46. The standard InChI is InChI=1S/C9H10F3N5/c1-16(2)15-8-6-5-7(9(10,11)12)14-17(6)4-3-13-8/h3-5H,1-2H3,(H,13,15). The van der Waals surface area contributed by atoms with Crippen molar-refractivity contribution < 1.29 is 13.2 Å². The van der Waals surface area contributed by atoms with Crippen LogP contribution in [-0.4, -0.2) is 33.7 Å². The van der Waals surface area contributed by atoms with Crippen LogP contribution in [-0.2, 0) is 6.18 Å². The third kappa shape index (κ3) is 2.31. The van der Waals surface area contributed by atoms with E-state index in [1.165, 1.54) is 12.4 Å². The van der Waals surface area contributed by atoms with Crippen molar-refractivity contribution in [3.8, 4) is 0 Å². The Morgan fingerprint density at radius 1 is 1.35 bits per heavy atom. The van der Waals surface area contributed by atoms with Crippen LogP contribution >= 0.6 is 0 Å². The first kappa shape index (κ1) is 11.6. The van der Waals surface area contributed by atoms with Gasteiger partial charge in [0.15, 0.2) is 11.5 Å². The van der Waals surface area contributed by atoms with Crippen molar-refractivity contribution in [3.63, 3.8) is 0 Å². The first-order chi connectivity index (χ1) is 7.88. The molecule has 2 aromatic heterocycles. The molecule has 0 saturated carbocycles. The van der Waals surface area contributed by atoms with Gasteiger partial charge in [0, 0.05) is 32.6 Å². The summed E-state index contributed by atoms with van der Waals surface area (Å²) in [4.78, 5) is 3.96. The normalized spacial score (nSPS) is 12.4. The number of halogens is 3. The Morgan fingerprint density at radius 2 is 2.06 bits per heavy atom. The minimum Gasteiger partial charge on any atom is -0.302 e.